The van der Waals surface area contributed by atoms with E-state index in [1.54, 1.807) is 0 Å². The molecule has 0 aliphatic heterocycles. The van der Waals surface area contributed by atoms with Gasteiger partial charge in [0.15, 0.2) is 11.6 Å². The number of hydrogen-bond acceptors (Lipinski definition) is 7. The average molecular weight is 478 g/mol. The molecule has 0 amide bonds. The summed E-state index contributed by atoms with van der Waals surface area (Å²) in [5.74, 6) is -5.74. The summed E-state index contributed by atoms with van der Waals surface area (Å²) in [4.78, 5) is 47.0. The van der Waals surface area contributed by atoms with Crippen molar-refractivity contribution in [2.75, 3.05) is 6.61 Å². The van der Waals surface area contributed by atoms with Crippen molar-refractivity contribution in [3.8, 4) is 5.69 Å². The highest BCUT2D eigenvalue weighted by Crippen LogP contribution is 2.31. The molecule has 0 fully saturated rings. The van der Waals surface area contributed by atoms with E-state index in [9.17, 15) is 37.7 Å². The summed E-state index contributed by atoms with van der Waals surface area (Å²) in [6.45, 7) is 3.07. The number of fused-ring (bicyclic) bond motifs is 1. The van der Waals surface area contributed by atoms with E-state index in [-0.39, 0.29) is 28.9 Å². The van der Waals surface area contributed by atoms with E-state index >= 15 is 0 Å². The van der Waals surface area contributed by atoms with E-state index in [1.807, 2.05) is 0 Å². The Labute approximate surface area is 189 Å². The van der Waals surface area contributed by atoms with Gasteiger partial charge in [0.1, 0.15) is 12.2 Å². The van der Waals surface area contributed by atoms with Gasteiger partial charge in [0.2, 0.25) is 11.2 Å². The Balaban J connectivity index is 2.52. The number of nitro groups is 1. The highest BCUT2D eigenvalue weighted by atomic mass is 19.2. The first kappa shape index (κ1) is 24.4. The van der Waals surface area contributed by atoms with Crippen molar-refractivity contribution < 1.29 is 37.2 Å². The van der Waals surface area contributed by atoms with Crippen LogP contribution in [0.25, 0.3) is 16.6 Å². The second-order valence-electron chi connectivity index (χ2n) is 7.13. The SMILES string of the molecule is CCOC(=O)c1cn(-c2cc([N+](=O)[O-])c(F)cc2COC(C)=O)c2c(C)c(F)c(F)cc2c1=O. The third kappa shape index (κ3) is 4.34. The maximum absolute atomic E-state index is 14.5. The molecule has 0 spiro atoms. The van der Waals surface area contributed by atoms with Gasteiger partial charge >= 0.3 is 17.6 Å². The predicted octanol–water partition coefficient (Wildman–Crippen LogP) is 3.86. The summed E-state index contributed by atoms with van der Waals surface area (Å²) in [7, 11) is 0. The minimum absolute atomic E-state index is 0.104. The number of carbonyl (C=O) groups is 2. The van der Waals surface area contributed by atoms with Gasteiger partial charge in [-0.2, -0.15) is 4.39 Å². The molecule has 0 N–H and O–H groups in total. The van der Waals surface area contributed by atoms with Crippen LogP contribution in [0.2, 0.25) is 0 Å². The van der Waals surface area contributed by atoms with Crippen LogP contribution in [0, 0.1) is 34.5 Å². The molecule has 0 bridgehead atoms. The van der Waals surface area contributed by atoms with E-state index in [0.717, 1.165) is 36.7 Å². The minimum atomic E-state index is -1.36. The van der Waals surface area contributed by atoms with Crippen LogP contribution in [0.4, 0.5) is 18.9 Å². The molecule has 0 atom stereocenters. The van der Waals surface area contributed by atoms with Crippen LogP contribution in [0.1, 0.15) is 35.3 Å². The molecule has 34 heavy (non-hydrogen) atoms. The smallest absolute Gasteiger partial charge is 0.343 e. The molecule has 3 aromatic rings. The van der Waals surface area contributed by atoms with Crippen molar-refractivity contribution in [2.24, 2.45) is 0 Å². The highest BCUT2D eigenvalue weighted by Gasteiger charge is 2.25. The average Bonchev–Trinajstić information content (AvgIpc) is 2.76. The van der Waals surface area contributed by atoms with Crippen molar-refractivity contribution in [1.82, 2.24) is 4.57 Å². The van der Waals surface area contributed by atoms with E-state index in [1.165, 1.54) is 6.92 Å². The normalized spacial score (nSPS) is 10.9. The van der Waals surface area contributed by atoms with Gasteiger partial charge < -0.3 is 14.0 Å². The fourth-order valence-corrected chi connectivity index (χ4v) is 3.42. The van der Waals surface area contributed by atoms with Crippen molar-refractivity contribution in [3.63, 3.8) is 0 Å². The Hall–Kier alpha value is -4.22. The second-order valence-corrected chi connectivity index (χ2v) is 7.13. The van der Waals surface area contributed by atoms with Gasteiger partial charge in [0.05, 0.1) is 28.1 Å². The van der Waals surface area contributed by atoms with E-state index in [0.29, 0.717) is 6.07 Å². The third-order valence-corrected chi connectivity index (χ3v) is 4.94. The monoisotopic (exact) mass is 478 g/mol. The molecule has 0 saturated carbocycles. The maximum Gasteiger partial charge on any atom is 0.343 e. The summed E-state index contributed by atoms with van der Waals surface area (Å²) < 4.78 is 53.8. The van der Waals surface area contributed by atoms with E-state index in [2.05, 4.69) is 0 Å². The van der Waals surface area contributed by atoms with Gasteiger partial charge in [0.25, 0.3) is 0 Å². The summed E-state index contributed by atoms with van der Waals surface area (Å²) >= 11 is 0. The van der Waals surface area contributed by atoms with Gasteiger partial charge in [-0.15, -0.1) is 0 Å². The Kier molecular flexibility index (Phi) is 6.70. The number of aryl methyl sites for hydroxylation is 1. The molecule has 178 valence electrons. The first-order chi connectivity index (χ1) is 16.0. The van der Waals surface area contributed by atoms with Crippen molar-refractivity contribution in [1.29, 1.82) is 0 Å². The number of aromatic nitrogens is 1. The Bertz CT molecular complexity index is 1420. The number of nitrogens with zero attached hydrogens (tertiary/aromatic N) is 2. The summed E-state index contributed by atoms with van der Waals surface area (Å²) in [5.41, 5.74) is -3.43. The number of rotatable bonds is 6. The Morgan fingerprint density at radius 1 is 1.12 bits per heavy atom. The summed E-state index contributed by atoms with van der Waals surface area (Å²) in [6.07, 6.45) is 0.932. The van der Waals surface area contributed by atoms with Crippen LogP contribution in [0.15, 0.2) is 29.2 Å². The van der Waals surface area contributed by atoms with Crippen LogP contribution in [0.3, 0.4) is 0 Å². The first-order valence-electron chi connectivity index (χ1n) is 9.79. The maximum atomic E-state index is 14.5. The molecule has 0 aliphatic rings. The molecular weight excluding hydrogens is 461 g/mol. The fraction of sp³-hybridized carbons (Fsp3) is 0.227. The van der Waals surface area contributed by atoms with E-state index < -0.39 is 63.0 Å². The van der Waals surface area contributed by atoms with Gasteiger partial charge in [0, 0.05) is 30.3 Å². The Morgan fingerprint density at radius 3 is 2.38 bits per heavy atom. The number of ether oxygens (including phenoxy) is 2. The highest BCUT2D eigenvalue weighted by molar-refractivity contribution is 5.95. The minimum Gasteiger partial charge on any atom is -0.462 e. The summed E-state index contributed by atoms with van der Waals surface area (Å²) in [6, 6.07) is 2.09. The first-order valence-corrected chi connectivity index (χ1v) is 9.79. The lowest BCUT2D eigenvalue weighted by Gasteiger charge is -2.19. The van der Waals surface area contributed by atoms with Crippen LogP contribution >= 0.6 is 0 Å². The zero-order valence-electron chi connectivity index (χ0n) is 18.1. The molecule has 1 heterocycles. The largest absolute Gasteiger partial charge is 0.462 e. The van der Waals surface area contributed by atoms with Crippen molar-refractivity contribution in [3.05, 3.63) is 78.9 Å². The number of nitro benzene ring substituents is 1. The second kappa shape index (κ2) is 9.33. The van der Waals surface area contributed by atoms with Gasteiger partial charge in [-0.3, -0.25) is 19.7 Å². The van der Waals surface area contributed by atoms with Crippen molar-refractivity contribution in [2.45, 2.75) is 27.4 Å². The van der Waals surface area contributed by atoms with Crippen molar-refractivity contribution >= 4 is 28.5 Å². The molecule has 0 radical (unpaired) electrons. The van der Waals surface area contributed by atoms with Gasteiger partial charge in [-0.25, -0.2) is 13.6 Å². The lowest BCUT2D eigenvalue weighted by Crippen LogP contribution is -2.22. The zero-order valence-corrected chi connectivity index (χ0v) is 18.1. The molecule has 0 aliphatic carbocycles. The molecule has 2 aromatic carbocycles. The molecule has 3 rings (SSSR count). The lowest BCUT2D eigenvalue weighted by molar-refractivity contribution is -0.387. The van der Waals surface area contributed by atoms with Crippen LogP contribution in [-0.2, 0) is 20.9 Å². The number of halogens is 3. The molecule has 12 heteroatoms. The topological polar surface area (TPSA) is 118 Å². The van der Waals surface area contributed by atoms with Gasteiger partial charge in [-0.1, -0.05) is 0 Å². The predicted molar refractivity (Wildman–Crippen MR) is 112 cm³/mol. The molecule has 0 unspecified atom stereocenters. The summed E-state index contributed by atoms with van der Waals surface area (Å²) in [5, 5.41) is 10.9. The lowest BCUT2D eigenvalue weighted by atomic mass is 10.0. The fourth-order valence-electron chi connectivity index (χ4n) is 3.42. The number of benzene rings is 2. The van der Waals surface area contributed by atoms with Gasteiger partial charge in [-0.05, 0) is 26.0 Å². The zero-order chi connectivity index (χ0) is 25.3. The number of esters is 2. The molecule has 0 saturated heterocycles. The van der Waals surface area contributed by atoms with Crippen LogP contribution < -0.4 is 5.43 Å². The Morgan fingerprint density at radius 2 is 1.79 bits per heavy atom. The van der Waals surface area contributed by atoms with E-state index in [4.69, 9.17) is 9.47 Å². The number of carbonyl (C=O) groups excluding carboxylic acids is 2. The third-order valence-electron chi connectivity index (χ3n) is 4.94. The van der Waals surface area contributed by atoms with Crippen LogP contribution in [0.5, 0.6) is 0 Å². The number of pyridine rings is 1. The molecule has 9 nitrogen and oxygen atoms in total. The standard InChI is InChI=1S/C22H17F3N2O7/c1-4-33-22(30)14-8-26(20-10(2)19(25)16(24)6-13(20)21(14)29)17-7-18(27(31)32)15(23)5-12(17)9-34-11(3)28/h5-8H,4,9H2,1-3H3. The molecule has 1 aromatic heterocycles. The number of hydrogen-bond donors (Lipinski definition) is 0. The molecular formula is C22H17F3N2O7. The van der Waals surface area contributed by atoms with Crippen LogP contribution in [-0.4, -0.2) is 28.0 Å². The quantitative estimate of drug-likeness (QED) is 0.300.